The second-order valence-corrected chi connectivity index (χ2v) is 6.88. The monoisotopic (exact) mass is 360 g/mol. The molecule has 0 spiro atoms. The zero-order valence-corrected chi connectivity index (χ0v) is 14.6. The van der Waals surface area contributed by atoms with Crippen molar-refractivity contribution in [2.75, 3.05) is 13.1 Å². The van der Waals surface area contributed by atoms with Crippen LogP contribution >= 0.6 is 28.3 Å². The van der Waals surface area contributed by atoms with Gasteiger partial charge in [-0.2, -0.15) is 0 Å². The molecule has 1 heterocycles. The SMILES string of the molecule is Cc1c(Br)cccc1C(=O)N1CCC(N)C(C)(C)C1.Cl. The number of nitrogens with two attached hydrogens (primary N) is 1. The highest BCUT2D eigenvalue weighted by Gasteiger charge is 2.35. The normalized spacial score (nSPS) is 21.2. The largest absolute Gasteiger partial charge is 0.338 e. The maximum Gasteiger partial charge on any atom is 0.254 e. The molecule has 1 unspecified atom stereocenters. The van der Waals surface area contributed by atoms with Gasteiger partial charge in [-0.25, -0.2) is 0 Å². The van der Waals surface area contributed by atoms with Crippen LogP contribution in [0.5, 0.6) is 0 Å². The summed E-state index contributed by atoms with van der Waals surface area (Å²) in [6, 6.07) is 5.93. The first kappa shape index (κ1) is 17.5. The molecule has 1 aromatic carbocycles. The molecule has 0 aromatic heterocycles. The summed E-state index contributed by atoms with van der Waals surface area (Å²) < 4.78 is 0.978. The van der Waals surface area contributed by atoms with Crippen molar-refractivity contribution in [3.63, 3.8) is 0 Å². The van der Waals surface area contributed by atoms with Crippen molar-refractivity contribution in [2.24, 2.45) is 11.1 Å². The lowest BCUT2D eigenvalue weighted by atomic mass is 9.79. The molecule has 2 N–H and O–H groups in total. The fourth-order valence-electron chi connectivity index (χ4n) is 2.56. The van der Waals surface area contributed by atoms with Crippen LogP contribution < -0.4 is 5.73 Å². The average molecular weight is 362 g/mol. The number of nitrogens with zero attached hydrogens (tertiary/aromatic N) is 1. The maximum atomic E-state index is 12.6. The summed E-state index contributed by atoms with van der Waals surface area (Å²) >= 11 is 3.48. The number of halogens is 2. The molecule has 1 atom stereocenters. The Bertz CT molecular complexity index is 505. The Morgan fingerprint density at radius 1 is 1.45 bits per heavy atom. The molecule has 1 aliphatic heterocycles. The Balaban J connectivity index is 0.00000200. The summed E-state index contributed by atoms with van der Waals surface area (Å²) in [4.78, 5) is 14.6. The minimum Gasteiger partial charge on any atom is -0.338 e. The highest BCUT2D eigenvalue weighted by molar-refractivity contribution is 9.10. The third-order valence-corrected chi connectivity index (χ3v) is 4.96. The van der Waals surface area contributed by atoms with Gasteiger partial charge in [-0.15, -0.1) is 12.4 Å². The Kier molecular flexibility index (Phi) is 5.64. The van der Waals surface area contributed by atoms with Gasteiger partial charge in [-0.1, -0.05) is 35.8 Å². The fourth-order valence-corrected chi connectivity index (χ4v) is 2.92. The van der Waals surface area contributed by atoms with Gasteiger partial charge in [0.25, 0.3) is 5.91 Å². The predicted molar refractivity (Wildman–Crippen MR) is 88.4 cm³/mol. The van der Waals surface area contributed by atoms with Gasteiger partial charge in [0.05, 0.1) is 0 Å². The molecular formula is C15H22BrClN2O. The molecule has 112 valence electrons. The minimum absolute atomic E-state index is 0. The van der Waals surface area contributed by atoms with Crippen LogP contribution in [-0.2, 0) is 0 Å². The van der Waals surface area contributed by atoms with Crippen LogP contribution in [0.1, 0.15) is 36.2 Å². The first-order chi connectivity index (χ1) is 8.83. The number of rotatable bonds is 1. The minimum atomic E-state index is -0.0200. The molecule has 1 aliphatic rings. The van der Waals surface area contributed by atoms with E-state index in [0.29, 0.717) is 0 Å². The number of hydrogen-bond donors (Lipinski definition) is 1. The molecule has 0 bridgehead atoms. The molecule has 0 aliphatic carbocycles. The Morgan fingerprint density at radius 2 is 2.10 bits per heavy atom. The topological polar surface area (TPSA) is 46.3 Å². The van der Waals surface area contributed by atoms with Crippen molar-refractivity contribution in [1.82, 2.24) is 4.90 Å². The highest BCUT2D eigenvalue weighted by atomic mass is 79.9. The molecule has 1 saturated heterocycles. The molecule has 1 fully saturated rings. The first-order valence-electron chi connectivity index (χ1n) is 6.63. The van der Waals surface area contributed by atoms with Crippen molar-refractivity contribution in [2.45, 2.75) is 33.2 Å². The summed E-state index contributed by atoms with van der Waals surface area (Å²) in [7, 11) is 0. The van der Waals surface area contributed by atoms with Gasteiger partial charge in [-0.3, -0.25) is 4.79 Å². The molecule has 0 radical (unpaired) electrons. The van der Waals surface area contributed by atoms with Crippen LogP contribution in [0.2, 0.25) is 0 Å². The number of carbonyl (C=O) groups is 1. The number of hydrogen-bond acceptors (Lipinski definition) is 2. The third kappa shape index (κ3) is 3.35. The van der Waals surface area contributed by atoms with Crippen molar-refractivity contribution in [1.29, 1.82) is 0 Å². The Labute approximate surface area is 135 Å². The molecule has 2 rings (SSSR count). The van der Waals surface area contributed by atoms with Crippen molar-refractivity contribution in [3.8, 4) is 0 Å². The lowest BCUT2D eigenvalue weighted by Gasteiger charge is -2.42. The molecular weight excluding hydrogens is 340 g/mol. The molecule has 1 aromatic rings. The number of amides is 1. The van der Waals surface area contributed by atoms with Gasteiger partial charge in [0.2, 0.25) is 0 Å². The van der Waals surface area contributed by atoms with E-state index in [1.54, 1.807) is 0 Å². The highest BCUT2D eigenvalue weighted by Crippen LogP contribution is 2.29. The molecule has 20 heavy (non-hydrogen) atoms. The summed E-state index contributed by atoms with van der Waals surface area (Å²) in [5.74, 6) is 0.110. The van der Waals surface area contributed by atoms with Gasteiger partial charge in [0.1, 0.15) is 0 Å². The second-order valence-electron chi connectivity index (χ2n) is 6.02. The van der Waals surface area contributed by atoms with E-state index in [2.05, 4.69) is 29.8 Å². The van der Waals surface area contributed by atoms with E-state index in [1.165, 1.54) is 0 Å². The quantitative estimate of drug-likeness (QED) is 0.833. The summed E-state index contributed by atoms with van der Waals surface area (Å²) in [5, 5.41) is 0. The van der Waals surface area contributed by atoms with Gasteiger partial charge < -0.3 is 10.6 Å². The first-order valence-corrected chi connectivity index (χ1v) is 7.42. The molecule has 3 nitrogen and oxygen atoms in total. The van der Waals surface area contributed by atoms with Crippen molar-refractivity contribution in [3.05, 3.63) is 33.8 Å². The van der Waals surface area contributed by atoms with Crippen LogP contribution in [0.3, 0.4) is 0 Å². The van der Waals surface area contributed by atoms with E-state index in [1.807, 2.05) is 30.0 Å². The smallest absolute Gasteiger partial charge is 0.254 e. The summed E-state index contributed by atoms with van der Waals surface area (Å²) in [6.07, 6.45) is 0.867. The fraction of sp³-hybridized carbons (Fsp3) is 0.533. The van der Waals surface area contributed by atoms with Gasteiger partial charge >= 0.3 is 0 Å². The zero-order chi connectivity index (χ0) is 14.2. The molecule has 5 heteroatoms. The maximum absolute atomic E-state index is 12.6. The molecule has 1 amide bonds. The van der Waals surface area contributed by atoms with Crippen molar-refractivity contribution >= 4 is 34.2 Å². The number of benzene rings is 1. The van der Waals surface area contributed by atoms with E-state index in [0.717, 1.165) is 35.1 Å². The third-order valence-electron chi connectivity index (χ3n) is 4.10. The van der Waals surface area contributed by atoms with Crippen molar-refractivity contribution < 1.29 is 4.79 Å². The summed E-state index contributed by atoms with van der Waals surface area (Å²) in [5.41, 5.74) is 7.88. The van der Waals surface area contributed by atoms with E-state index in [-0.39, 0.29) is 29.8 Å². The van der Waals surface area contributed by atoms with E-state index >= 15 is 0 Å². The number of piperidine rings is 1. The average Bonchev–Trinajstić information content (AvgIpc) is 2.35. The number of likely N-dealkylation sites (tertiary alicyclic amines) is 1. The lowest BCUT2D eigenvalue weighted by Crippen LogP contribution is -2.54. The Morgan fingerprint density at radius 3 is 2.70 bits per heavy atom. The van der Waals surface area contributed by atoms with Crippen LogP contribution in [0.25, 0.3) is 0 Å². The van der Waals surface area contributed by atoms with Crippen LogP contribution in [0.15, 0.2) is 22.7 Å². The Hall–Kier alpha value is -0.580. The zero-order valence-electron chi connectivity index (χ0n) is 12.1. The van der Waals surface area contributed by atoms with Crippen LogP contribution in [0, 0.1) is 12.3 Å². The molecule has 0 saturated carbocycles. The van der Waals surface area contributed by atoms with E-state index < -0.39 is 0 Å². The predicted octanol–water partition coefficient (Wildman–Crippen LogP) is 3.38. The van der Waals surface area contributed by atoms with Crippen LogP contribution in [0.4, 0.5) is 0 Å². The van der Waals surface area contributed by atoms with E-state index in [9.17, 15) is 4.79 Å². The summed E-state index contributed by atoms with van der Waals surface area (Å²) in [6.45, 7) is 7.70. The van der Waals surface area contributed by atoms with Gasteiger partial charge in [-0.05, 0) is 36.5 Å². The standard InChI is InChI=1S/C15H21BrN2O.ClH/c1-10-11(5-4-6-12(10)16)14(19)18-8-7-13(17)15(2,3)9-18;/h4-6,13H,7-9,17H2,1-3H3;1H. The second kappa shape index (κ2) is 6.46. The van der Waals surface area contributed by atoms with Gasteiger partial charge in [0.15, 0.2) is 0 Å². The van der Waals surface area contributed by atoms with Gasteiger partial charge in [0, 0.05) is 29.2 Å². The lowest BCUT2D eigenvalue weighted by molar-refractivity contribution is 0.0532. The van der Waals surface area contributed by atoms with E-state index in [4.69, 9.17) is 5.73 Å². The van der Waals surface area contributed by atoms with Crippen LogP contribution in [-0.4, -0.2) is 29.9 Å². The number of carbonyl (C=O) groups excluding carboxylic acids is 1.